The summed E-state index contributed by atoms with van der Waals surface area (Å²) in [5.41, 5.74) is 1.05. The van der Waals surface area contributed by atoms with Gasteiger partial charge in [-0.1, -0.05) is 29.8 Å². The summed E-state index contributed by atoms with van der Waals surface area (Å²) in [5.74, 6) is 0. The van der Waals surface area contributed by atoms with Gasteiger partial charge < -0.3 is 0 Å². The monoisotopic (exact) mass is 193 g/mol. The Morgan fingerprint density at radius 2 is 2.15 bits per heavy atom. The Balaban J connectivity index is 2.24. The van der Waals surface area contributed by atoms with Gasteiger partial charge in [0.25, 0.3) is 0 Å². The lowest BCUT2D eigenvalue weighted by atomic mass is 10.2. The van der Waals surface area contributed by atoms with Gasteiger partial charge in [-0.15, -0.1) is 0 Å². The van der Waals surface area contributed by atoms with Crippen LogP contribution in [0.3, 0.4) is 0 Å². The molecule has 0 amide bonds. The van der Waals surface area contributed by atoms with Crippen molar-refractivity contribution >= 4 is 11.6 Å². The first-order chi connectivity index (χ1) is 6.36. The summed E-state index contributed by atoms with van der Waals surface area (Å²) < 4.78 is 1.74. The third kappa shape index (κ3) is 1.87. The van der Waals surface area contributed by atoms with Crippen molar-refractivity contribution in [3.05, 3.63) is 47.5 Å². The second-order valence-corrected chi connectivity index (χ2v) is 3.09. The minimum atomic E-state index is 0.666. The van der Waals surface area contributed by atoms with Crippen LogP contribution in [0, 0.1) is 0 Å². The van der Waals surface area contributed by atoms with Crippen LogP contribution >= 0.6 is 11.6 Å². The predicted molar refractivity (Wildman–Crippen MR) is 50.6 cm³/mol. The fourth-order valence-corrected chi connectivity index (χ4v) is 1.31. The highest BCUT2D eigenvalue weighted by Gasteiger charge is 1.99. The lowest BCUT2D eigenvalue weighted by Gasteiger charge is -2.02. The van der Waals surface area contributed by atoms with Crippen molar-refractivity contribution in [2.24, 2.45) is 0 Å². The molecule has 1 heterocycles. The van der Waals surface area contributed by atoms with Crippen LogP contribution in [0.4, 0.5) is 0 Å². The zero-order valence-electron chi connectivity index (χ0n) is 6.89. The Hall–Kier alpha value is -1.35. The van der Waals surface area contributed by atoms with E-state index >= 15 is 0 Å². The summed E-state index contributed by atoms with van der Waals surface area (Å²) in [7, 11) is 0. The molecule has 1 aromatic carbocycles. The van der Waals surface area contributed by atoms with Crippen LogP contribution < -0.4 is 0 Å². The predicted octanol–water partition coefficient (Wildman–Crippen LogP) is 1.98. The summed E-state index contributed by atoms with van der Waals surface area (Å²) in [6, 6.07) is 7.71. The third-order valence-electron chi connectivity index (χ3n) is 1.76. The van der Waals surface area contributed by atoms with Gasteiger partial charge in [0, 0.05) is 5.02 Å². The van der Waals surface area contributed by atoms with E-state index < -0.39 is 0 Å². The molecule has 0 saturated heterocycles. The summed E-state index contributed by atoms with van der Waals surface area (Å²) in [6.45, 7) is 0.666. The van der Waals surface area contributed by atoms with Crippen LogP contribution in [0.5, 0.6) is 0 Å². The van der Waals surface area contributed by atoms with Gasteiger partial charge in [-0.05, 0) is 11.6 Å². The maximum Gasteiger partial charge on any atom is 0.137 e. The molecule has 1 aromatic heterocycles. The van der Waals surface area contributed by atoms with Crippen molar-refractivity contribution in [3.8, 4) is 0 Å². The second-order valence-electron chi connectivity index (χ2n) is 2.68. The standard InChI is InChI=1S/C9H8ClN3/c10-9-4-2-1-3-8(9)5-13-7-11-6-12-13/h1-4,6-7H,5H2. The van der Waals surface area contributed by atoms with Crippen molar-refractivity contribution < 1.29 is 0 Å². The van der Waals surface area contributed by atoms with Gasteiger partial charge in [0.05, 0.1) is 6.54 Å². The molecule has 0 fully saturated rings. The largest absolute Gasteiger partial charge is 0.249 e. The lowest BCUT2D eigenvalue weighted by molar-refractivity contribution is 0.685. The van der Waals surface area contributed by atoms with Crippen LogP contribution in [-0.4, -0.2) is 14.8 Å². The van der Waals surface area contributed by atoms with E-state index in [1.807, 2.05) is 24.3 Å². The molecular weight excluding hydrogens is 186 g/mol. The van der Waals surface area contributed by atoms with E-state index in [0.717, 1.165) is 10.6 Å². The van der Waals surface area contributed by atoms with E-state index in [1.54, 1.807) is 11.0 Å². The first-order valence-electron chi connectivity index (χ1n) is 3.92. The van der Waals surface area contributed by atoms with Crippen molar-refractivity contribution in [1.82, 2.24) is 14.8 Å². The number of halogens is 1. The van der Waals surface area contributed by atoms with Crippen molar-refractivity contribution in [2.45, 2.75) is 6.54 Å². The quantitative estimate of drug-likeness (QED) is 0.730. The topological polar surface area (TPSA) is 30.7 Å². The molecule has 0 bridgehead atoms. The minimum Gasteiger partial charge on any atom is -0.249 e. The first kappa shape index (κ1) is 8.26. The van der Waals surface area contributed by atoms with Gasteiger partial charge in [0.1, 0.15) is 12.7 Å². The molecule has 0 N–H and O–H groups in total. The number of benzene rings is 1. The van der Waals surface area contributed by atoms with Gasteiger partial charge in [0.15, 0.2) is 0 Å². The zero-order valence-corrected chi connectivity index (χ0v) is 7.65. The molecule has 66 valence electrons. The number of aromatic nitrogens is 3. The summed E-state index contributed by atoms with van der Waals surface area (Å²) in [4.78, 5) is 3.86. The van der Waals surface area contributed by atoms with Gasteiger partial charge in [-0.3, -0.25) is 0 Å². The van der Waals surface area contributed by atoms with E-state index in [0.29, 0.717) is 6.54 Å². The normalized spacial score (nSPS) is 10.2. The average molecular weight is 194 g/mol. The van der Waals surface area contributed by atoms with E-state index in [4.69, 9.17) is 11.6 Å². The van der Waals surface area contributed by atoms with Crippen molar-refractivity contribution in [2.75, 3.05) is 0 Å². The molecule has 0 aliphatic heterocycles. The highest BCUT2D eigenvalue weighted by atomic mass is 35.5. The molecule has 0 unspecified atom stereocenters. The molecule has 2 aromatic rings. The van der Waals surface area contributed by atoms with Crippen LogP contribution in [0.2, 0.25) is 5.02 Å². The molecule has 0 aliphatic carbocycles. The minimum absolute atomic E-state index is 0.666. The third-order valence-corrected chi connectivity index (χ3v) is 2.13. The Kier molecular flexibility index (Phi) is 2.27. The van der Waals surface area contributed by atoms with Gasteiger partial charge >= 0.3 is 0 Å². The van der Waals surface area contributed by atoms with E-state index in [9.17, 15) is 0 Å². The Morgan fingerprint density at radius 3 is 2.85 bits per heavy atom. The lowest BCUT2D eigenvalue weighted by Crippen LogP contribution is -2.00. The summed E-state index contributed by atoms with van der Waals surface area (Å²) in [6.07, 6.45) is 3.18. The van der Waals surface area contributed by atoms with Gasteiger partial charge in [0.2, 0.25) is 0 Å². The van der Waals surface area contributed by atoms with Crippen LogP contribution in [0.15, 0.2) is 36.9 Å². The van der Waals surface area contributed by atoms with Crippen LogP contribution in [0.25, 0.3) is 0 Å². The molecule has 0 spiro atoms. The SMILES string of the molecule is Clc1ccccc1Cn1cncn1. The Bertz CT molecular complexity index is 384. The first-order valence-corrected chi connectivity index (χ1v) is 4.30. The molecule has 0 saturated carbocycles. The number of rotatable bonds is 2. The summed E-state index contributed by atoms with van der Waals surface area (Å²) >= 11 is 5.98. The molecule has 2 rings (SSSR count). The maximum absolute atomic E-state index is 5.98. The smallest absolute Gasteiger partial charge is 0.137 e. The Labute approximate surface area is 81.0 Å². The van der Waals surface area contributed by atoms with E-state index in [-0.39, 0.29) is 0 Å². The summed E-state index contributed by atoms with van der Waals surface area (Å²) in [5, 5.41) is 4.76. The van der Waals surface area contributed by atoms with Gasteiger partial charge in [-0.25, -0.2) is 9.67 Å². The average Bonchev–Trinajstić information content (AvgIpc) is 2.61. The van der Waals surface area contributed by atoms with E-state index in [1.165, 1.54) is 6.33 Å². The molecule has 3 nitrogen and oxygen atoms in total. The van der Waals surface area contributed by atoms with Gasteiger partial charge in [-0.2, -0.15) is 5.10 Å². The maximum atomic E-state index is 5.98. The molecule has 0 aliphatic rings. The molecular formula is C9H8ClN3. The zero-order chi connectivity index (χ0) is 9.10. The highest BCUT2D eigenvalue weighted by molar-refractivity contribution is 6.31. The second kappa shape index (κ2) is 3.58. The van der Waals surface area contributed by atoms with Crippen LogP contribution in [0.1, 0.15) is 5.56 Å². The van der Waals surface area contributed by atoms with Crippen molar-refractivity contribution in [1.29, 1.82) is 0 Å². The Morgan fingerprint density at radius 1 is 1.31 bits per heavy atom. The fourth-order valence-electron chi connectivity index (χ4n) is 1.12. The molecule has 0 atom stereocenters. The van der Waals surface area contributed by atoms with Crippen LogP contribution in [-0.2, 0) is 6.54 Å². The number of hydrogen-bond donors (Lipinski definition) is 0. The van der Waals surface area contributed by atoms with Crippen molar-refractivity contribution in [3.63, 3.8) is 0 Å². The molecule has 0 radical (unpaired) electrons. The highest BCUT2D eigenvalue weighted by Crippen LogP contribution is 2.15. The molecule has 13 heavy (non-hydrogen) atoms. The number of nitrogens with zero attached hydrogens (tertiary/aromatic N) is 3. The fraction of sp³-hybridized carbons (Fsp3) is 0.111. The number of hydrogen-bond acceptors (Lipinski definition) is 2. The van der Waals surface area contributed by atoms with E-state index in [2.05, 4.69) is 10.1 Å². The molecule has 4 heteroatoms.